The van der Waals surface area contributed by atoms with E-state index in [1.165, 1.54) is 0 Å². The molecule has 1 heterocycles. The van der Waals surface area contributed by atoms with Crippen LogP contribution in [0.1, 0.15) is 18.9 Å². The summed E-state index contributed by atoms with van der Waals surface area (Å²) in [6.07, 6.45) is 1.09. The van der Waals surface area contributed by atoms with Gasteiger partial charge >= 0.3 is 0 Å². The number of anilines is 1. The van der Waals surface area contributed by atoms with Crippen molar-refractivity contribution in [1.29, 1.82) is 0 Å². The second kappa shape index (κ2) is 10.0. The van der Waals surface area contributed by atoms with Crippen molar-refractivity contribution < 1.29 is 19.0 Å². The molecule has 0 N–H and O–H groups in total. The summed E-state index contributed by atoms with van der Waals surface area (Å²) < 4.78 is 16.6. The van der Waals surface area contributed by atoms with Crippen LogP contribution in [0.2, 0.25) is 0 Å². The summed E-state index contributed by atoms with van der Waals surface area (Å²) in [7, 11) is 3.25. The van der Waals surface area contributed by atoms with E-state index < -0.39 is 0 Å². The van der Waals surface area contributed by atoms with Crippen molar-refractivity contribution in [2.45, 2.75) is 19.8 Å². The Morgan fingerprint density at radius 3 is 2.34 bits per heavy atom. The predicted octanol–water partition coefficient (Wildman–Crippen LogP) is 3.38. The Balaban J connectivity index is 1.56. The van der Waals surface area contributed by atoms with Gasteiger partial charge < -0.3 is 24.0 Å². The third-order valence-electron chi connectivity index (χ3n) is 5.23. The van der Waals surface area contributed by atoms with Crippen LogP contribution in [0.15, 0.2) is 42.5 Å². The number of nitrogens with zero attached hydrogens (tertiary/aromatic N) is 2. The quantitative estimate of drug-likeness (QED) is 0.682. The number of benzene rings is 2. The van der Waals surface area contributed by atoms with Crippen LogP contribution in [-0.4, -0.2) is 57.8 Å². The van der Waals surface area contributed by atoms with Crippen LogP contribution >= 0.6 is 0 Å². The van der Waals surface area contributed by atoms with Crippen molar-refractivity contribution in [3.05, 3.63) is 48.0 Å². The Hall–Kier alpha value is -2.89. The minimum absolute atomic E-state index is 0.174. The summed E-state index contributed by atoms with van der Waals surface area (Å²) in [5.74, 6) is 2.48. The van der Waals surface area contributed by atoms with Crippen LogP contribution in [0.4, 0.5) is 5.69 Å². The van der Waals surface area contributed by atoms with Gasteiger partial charge in [-0.2, -0.15) is 0 Å². The first-order chi connectivity index (χ1) is 14.2. The van der Waals surface area contributed by atoms with Crippen LogP contribution in [0.5, 0.6) is 17.2 Å². The summed E-state index contributed by atoms with van der Waals surface area (Å²) in [5, 5.41) is 0. The van der Waals surface area contributed by atoms with Crippen molar-refractivity contribution in [2.24, 2.45) is 0 Å². The predicted molar refractivity (Wildman–Crippen MR) is 114 cm³/mol. The second-order valence-electron chi connectivity index (χ2n) is 6.92. The van der Waals surface area contributed by atoms with E-state index >= 15 is 0 Å². The fraction of sp³-hybridized carbons (Fsp3) is 0.435. The van der Waals surface area contributed by atoms with Gasteiger partial charge in [0.05, 0.1) is 26.5 Å². The Morgan fingerprint density at radius 1 is 0.931 bits per heavy atom. The molecule has 0 unspecified atom stereocenters. The van der Waals surface area contributed by atoms with Gasteiger partial charge in [0.2, 0.25) is 5.91 Å². The van der Waals surface area contributed by atoms with E-state index in [2.05, 4.69) is 11.0 Å². The summed E-state index contributed by atoms with van der Waals surface area (Å²) >= 11 is 0. The first-order valence-electron chi connectivity index (χ1n) is 10.1. The van der Waals surface area contributed by atoms with Crippen LogP contribution < -0.4 is 19.1 Å². The molecule has 0 atom stereocenters. The molecule has 1 fully saturated rings. The molecule has 1 aliphatic heterocycles. The minimum Gasteiger partial charge on any atom is -0.493 e. The SMILES string of the molecule is CCOc1ccccc1N1CCN(C(=O)CCc2cccc(OC)c2OC)CC1. The number of hydrogen-bond donors (Lipinski definition) is 0. The largest absolute Gasteiger partial charge is 0.493 e. The molecule has 29 heavy (non-hydrogen) atoms. The van der Waals surface area contributed by atoms with Gasteiger partial charge in [0.25, 0.3) is 0 Å². The van der Waals surface area contributed by atoms with Gasteiger partial charge in [0, 0.05) is 32.6 Å². The maximum atomic E-state index is 12.7. The van der Waals surface area contributed by atoms with E-state index in [9.17, 15) is 4.79 Å². The van der Waals surface area contributed by atoms with E-state index in [1.807, 2.05) is 48.2 Å². The van der Waals surface area contributed by atoms with E-state index in [0.717, 1.165) is 30.1 Å². The topological polar surface area (TPSA) is 51.2 Å². The lowest BCUT2D eigenvalue weighted by atomic mass is 10.1. The van der Waals surface area contributed by atoms with Crippen molar-refractivity contribution in [2.75, 3.05) is 51.9 Å². The maximum absolute atomic E-state index is 12.7. The highest BCUT2D eigenvalue weighted by Crippen LogP contribution is 2.32. The number of hydrogen-bond acceptors (Lipinski definition) is 5. The van der Waals surface area contributed by atoms with E-state index in [-0.39, 0.29) is 5.91 Å². The molecular formula is C23H30N2O4. The molecule has 156 valence electrons. The number of ether oxygens (including phenoxy) is 3. The van der Waals surface area contributed by atoms with Crippen LogP contribution in [0.25, 0.3) is 0 Å². The van der Waals surface area contributed by atoms with Crippen molar-refractivity contribution in [3.63, 3.8) is 0 Å². The Labute approximate surface area is 173 Å². The van der Waals surface area contributed by atoms with Gasteiger partial charge in [0.1, 0.15) is 5.75 Å². The fourth-order valence-electron chi connectivity index (χ4n) is 3.74. The molecule has 2 aromatic carbocycles. The normalized spacial score (nSPS) is 13.9. The Bertz CT molecular complexity index is 816. The summed E-state index contributed by atoms with van der Waals surface area (Å²) in [6, 6.07) is 13.9. The number of piperazine rings is 1. The van der Waals surface area contributed by atoms with Gasteiger partial charge in [-0.05, 0) is 37.1 Å². The van der Waals surface area contributed by atoms with Crippen molar-refractivity contribution in [3.8, 4) is 17.2 Å². The average Bonchev–Trinajstić information content (AvgIpc) is 2.77. The zero-order valence-corrected chi connectivity index (χ0v) is 17.5. The third kappa shape index (κ3) is 4.94. The van der Waals surface area contributed by atoms with Gasteiger partial charge in [0.15, 0.2) is 11.5 Å². The van der Waals surface area contributed by atoms with Crippen molar-refractivity contribution in [1.82, 2.24) is 4.90 Å². The molecule has 0 bridgehead atoms. The third-order valence-corrected chi connectivity index (χ3v) is 5.23. The molecule has 0 saturated carbocycles. The lowest BCUT2D eigenvalue weighted by molar-refractivity contribution is -0.131. The molecule has 1 aliphatic rings. The van der Waals surface area contributed by atoms with Crippen molar-refractivity contribution >= 4 is 11.6 Å². The molecule has 6 heteroatoms. The molecule has 6 nitrogen and oxygen atoms in total. The molecule has 0 aliphatic carbocycles. The van der Waals surface area contributed by atoms with Gasteiger partial charge in [-0.1, -0.05) is 24.3 Å². The van der Waals surface area contributed by atoms with E-state index in [0.29, 0.717) is 44.0 Å². The molecule has 1 amide bonds. The fourth-order valence-corrected chi connectivity index (χ4v) is 3.74. The standard InChI is InChI=1S/C23H30N2O4/c1-4-29-20-10-6-5-9-19(20)24-14-16-25(17-15-24)22(26)13-12-18-8-7-11-21(27-2)23(18)28-3/h5-11H,4,12-17H2,1-3H3. The molecule has 1 saturated heterocycles. The van der Waals surface area contributed by atoms with E-state index in [1.54, 1.807) is 14.2 Å². The Morgan fingerprint density at radius 2 is 1.66 bits per heavy atom. The number of carbonyl (C=O) groups excluding carboxylic acids is 1. The zero-order valence-electron chi connectivity index (χ0n) is 17.5. The number of para-hydroxylation sites is 3. The lowest BCUT2D eigenvalue weighted by Crippen LogP contribution is -2.49. The molecule has 0 aromatic heterocycles. The molecular weight excluding hydrogens is 368 g/mol. The van der Waals surface area contributed by atoms with Crippen LogP contribution in [0, 0.1) is 0 Å². The monoisotopic (exact) mass is 398 g/mol. The number of carbonyl (C=O) groups is 1. The first-order valence-corrected chi connectivity index (χ1v) is 10.1. The average molecular weight is 399 g/mol. The first kappa shape index (κ1) is 20.8. The molecule has 3 rings (SSSR count). The Kier molecular flexibility index (Phi) is 7.22. The number of aryl methyl sites for hydroxylation is 1. The number of methoxy groups -OCH3 is 2. The maximum Gasteiger partial charge on any atom is 0.223 e. The number of rotatable bonds is 8. The summed E-state index contributed by atoms with van der Waals surface area (Å²) in [6.45, 7) is 5.67. The number of amides is 1. The summed E-state index contributed by atoms with van der Waals surface area (Å²) in [4.78, 5) is 17.0. The molecule has 0 spiro atoms. The molecule has 2 aromatic rings. The smallest absolute Gasteiger partial charge is 0.223 e. The van der Waals surface area contributed by atoms with Gasteiger partial charge in [-0.25, -0.2) is 0 Å². The zero-order chi connectivity index (χ0) is 20.6. The highest BCUT2D eigenvalue weighted by molar-refractivity contribution is 5.77. The minimum atomic E-state index is 0.174. The second-order valence-corrected chi connectivity index (χ2v) is 6.92. The molecule has 0 radical (unpaired) electrons. The highest BCUT2D eigenvalue weighted by atomic mass is 16.5. The van der Waals surface area contributed by atoms with E-state index in [4.69, 9.17) is 14.2 Å². The van der Waals surface area contributed by atoms with Crippen LogP contribution in [0.3, 0.4) is 0 Å². The summed E-state index contributed by atoms with van der Waals surface area (Å²) in [5.41, 5.74) is 2.09. The lowest BCUT2D eigenvalue weighted by Gasteiger charge is -2.36. The van der Waals surface area contributed by atoms with Gasteiger partial charge in [-0.15, -0.1) is 0 Å². The highest BCUT2D eigenvalue weighted by Gasteiger charge is 2.23. The van der Waals surface area contributed by atoms with Crippen LogP contribution in [-0.2, 0) is 11.2 Å². The van der Waals surface area contributed by atoms with Gasteiger partial charge in [-0.3, -0.25) is 4.79 Å².